The Morgan fingerprint density at radius 3 is 2.53 bits per heavy atom. The summed E-state index contributed by atoms with van der Waals surface area (Å²) in [5.74, 6) is 5.20. The molecule has 1 aromatic carbocycles. The summed E-state index contributed by atoms with van der Waals surface area (Å²) in [6.07, 6.45) is 18.4. The molecule has 4 unspecified atom stereocenters. The predicted molar refractivity (Wildman–Crippen MR) is 158 cm³/mol. The van der Waals surface area contributed by atoms with Crippen LogP contribution in [-0.4, -0.2) is 12.1 Å². The van der Waals surface area contributed by atoms with Crippen LogP contribution in [-0.2, 0) is 16.0 Å². The average Bonchev–Trinajstić information content (AvgIpc) is 3.25. The molecule has 0 amide bonds. The van der Waals surface area contributed by atoms with E-state index in [1.54, 1.807) is 5.57 Å². The second kappa shape index (κ2) is 11.5. The second-order valence-electron chi connectivity index (χ2n) is 14.6. The topological polar surface area (TPSA) is 26.3 Å². The number of aryl methyl sites for hydroxylation is 1. The van der Waals surface area contributed by atoms with Crippen LogP contribution in [0.25, 0.3) is 0 Å². The first-order valence-corrected chi connectivity index (χ1v) is 16.1. The van der Waals surface area contributed by atoms with Gasteiger partial charge in [-0.1, -0.05) is 95.9 Å². The summed E-state index contributed by atoms with van der Waals surface area (Å²) >= 11 is 0. The minimum Gasteiger partial charge on any atom is -0.462 e. The summed E-state index contributed by atoms with van der Waals surface area (Å²) in [6.45, 7) is 12.6. The normalized spacial score (nSPS) is 37.1. The number of ether oxygens (including phenoxy) is 1. The van der Waals surface area contributed by atoms with E-state index in [1.165, 1.54) is 63.4 Å². The Hall–Kier alpha value is -1.57. The third-order valence-electron chi connectivity index (χ3n) is 12.0. The number of carbonyl (C=O) groups is 1. The molecule has 4 aliphatic carbocycles. The van der Waals surface area contributed by atoms with Gasteiger partial charge in [0.2, 0.25) is 0 Å². The zero-order valence-corrected chi connectivity index (χ0v) is 25.0. The van der Waals surface area contributed by atoms with Crippen molar-refractivity contribution in [1.82, 2.24) is 0 Å². The number of rotatable bonds is 9. The molecule has 3 saturated carbocycles. The van der Waals surface area contributed by atoms with Crippen molar-refractivity contribution in [2.45, 2.75) is 124 Å². The first kappa shape index (κ1) is 28.0. The Morgan fingerprint density at radius 2 is 1.76 bits per heavy atom. The van der Waals surface area contributed by atoms with E-state index in [4.69, 9.17) is 4.74 Å². The third kappa shape index (κ3) is 5.53. The van der Waals surface area contributed by atoms with Crippen molar-refractivity contribution < 1.29 is 9.53 Å². The molecule has 2 heteroatoms. The molecule has 0 radical (unpaired) electrons. The number of hydrogen-bond donors (Lipinski definition) is 0. The van der Waals surface area contributed by atoms with E-state index >= 15 is 0 Å². The van der Waals surface area contributed by atoms with E-state index in [0.29, 0.717) is 17.3 Å². The molecule has 1 aromatic rings. The van der Waals surface area contributed by atoms with Crippen molar-refractivity contribution in [2.75, 3.05) is 0 Å². The lowest BCUT2D eigenvalue weighted by molar-refractivity contribution is -0.151. The summed E-state index contributed by atoms with van der Waals surface area (Å²) < 4.78 is 6.04. The van der Waals surface area contributed by atoms with Crippen molar-refractivity contribution in [2.24, 2.45) is 46.3 Å². The zero-order chi connectivity index (χ0) is 26.9. The Morgan fingerprint density at radius 1 is 0.974 bits per heavy atom. The monoisotopic (exact) mass is 518 g/mol. The zero-order valence-electron chi connectivity index (χ0n) is 25.0. The van der Waals surface area contributed by atoms with Gasteiger partial charge in [0.1, 0.15) is 6.10 Å². The van der Waals surface area contributed by atoms with Crippen molar-refractivity contribution in [3.05, 3.63) is 47.5 Å². The fourth-order valence-corrected chi connectivity index (χ4v) is 9.89. The van der Waals surface area contributed by atoms with Crippen LogP contribution in [0.15, 0.2) is 42.0 Å². The quantitative estimate of drug-likeness (QED) is 0.240. The Balaban J connectivity index is 1.19. The number of fused-ring (bicyclic) bond motifs is 5. The molecule has 0 N–H and O–H groups in total. The number of allylic oxidation sites excluding steroid dienone is 1. The molecule has 0 saturated heterocycles. The number of carbonyl (C=O) groups excluding carboxylic acids is 1. The average molecular weight is 519 g/mol. The SMILES string of the molecule is CC(C)CCC[C@@H](C)C1CCC2C3CC=C4C[C@@H](OC(=O)CCc5ccccc5)CC[C@]4(C)C3CC[C@@]21C. The lowest BCUT2D eigenvalue weighted by Gasteiger charge is -2.58. The summed E-state index contributed by atoms with van der Waals surface area (Å²) in [7, 11) is 0. The first-order chi connectivity index (χ1) is 18.2. The summed E-state index contributed by atoms with van der Waals surface area (Å²) in [6, 6.07) is 10.3. The van der Waals surface area contributed by atoms with Gasteiger partial charge < -0.3 is 4.74 Å². The van der Waals surface area contributed by atoms with Gasteiger partial charge >= 0.3 is 5.97 Å². The van der Waals surface area contributed by atoms with E-state index in [-0.39, 0.29) is 12.1 Å². The minimum absolute atomic E-state index is 0.0234. The van der Waals surface area contributed by atoms with Crippen molar-refractivity contribution in [1.29, 1.82) is 0 Å². The van der Waals surface area contributed by atoms with Crippen LogP contribution in [0.1, 0.15) is 117 Å². The molecule has 0 heterocycles. The first-order valence-electron chi connectivity index (χ1n) is 16.1. The maximum atomic E-state index is 12.7. The van der Waals surface area contributed by atoms with Crippen molar-refractivity contribution in [3.63, 3.8) is 0 Å². The van der Waals surface area contributed by atoms with Crippen LogP contribution in [0.3, 0.4) is 0 Å². The molecule has 2 nitrogen and oxygen atoms in total. The molecule has 38 heavy (non-hydrogen) atoms. The summed E-state index contributed by atoms with van der Waals surface area (Å²) in [4.78, 5) is 12.7. The molecule has 210 valence electrons. The van der Waals surface area contributed by atoms with Crippen LogP contribution >= 0.6 is 0 Å². The Bertz CT molecular complexity index is 978. The summed E-state index contributed by atoms with van der Waals surface area (Å²) in [5.41, 5.74) is 3.69. The number of esters is 1. The van der Waals surface area contributed by atoms with Gasteiger partial charge in [0.15, 0.2) is 0 Å². The van der Waals surface area contributed by atoms with Gasteiger partial charge in [0.25, 0.3) is 0 Å². The van der Waals surface area contributed by atoms with Crippen LogP contribution in [0.4, 0.5) is 0 Å². The van der Waals surface area contributed by atoms with E-state index in [9.17, 15) is 4.79 Å². The third-order valence-corrected chi connectivity index (χ3v) is 12.0. The van der Waals surface area contributed by atoms with E-state index in [0.717, 1.165) is 54.8 Å². The highest BCUT2D eigenvalue weighted by Gasteiger charge is 2.59. The smallest absolute Gasteiger partial charge is 0.306 e. The molecule has 4 aliphatic rings. The fraction of sp³-hybridized carbons (Fsp3) is 0.750. The number of hydrogen-bond acceptors (Lipinski definition) is 2. The van der Waals surface area contributed by atoms with Crippen LogP contribution < -0.4 is 0 Å². The van der Waals surface area contributed by atoms with E-state index < -0.39 is 0 Å². The molecule has 0 aliphatic heterocycles. The lowest BCUT2D eigenvalue weighted by Crippen LogP contribution is -2.51. The molecule has 0 spiro atoms. The van der Waals surface area contributed by atoms with Gasteiger partial charge in [0, 0.05) is 12.8 Å². The van der Waals surface area contributed by atoms with Crippen molar-refractivity contribution in [3.8, 4) is 0 Å². The van der Waals surface area contributed by atoms with Gasteiger partial charge in [-0.15, -0.1) is 0 Å². The number of benzene rings is 1. The highest BCUT2D eigenvalue weighted by atomic mass is 16.5. The van der Waals surface area contributed by atoms with Gasteiger partial charge in [-0.3, -0.25) is 4.79 Å². The minimum atomic E-state index is -0.0234. The maximum Gasteiger partial charge on any atom is 0.306 e. The molecule has 8 atom stereocenters. The van der Waals surface area contributed by atoms with Crippen LogP contribution in [0, 0.1) is 46.3 Å². The summed E-state index contributed by atoms with van der Waals surface area (Å²) in [5, 5.41) is 0. The highest BCUT2D eigenvalue weighted by molar-refractivity contribution is 5.70. The Kier molecular flexibility index (Phi) is 8.47. The molecular weight excluding hydrogens is 464 g/mol. The van der Waals surface area contributed by atoms with Crippen LogP contribution in [0.2, 0.25) is 0 Å². The second-order valence-corrected chi connectivity index (χ2v) is 14.6. The maximum absolute atomic E-state index is 12.7. The standard InChI is InChI=1S/C36H54O2/c1-25(2)10-9-11-26(3)31-17-18-32-30-16-15-28-24-29(38-34(37)19-14-27-12-7-6-8-13-27)20-22-35(28,4)33(30)21-23-36(31,32)5/h6-8,12-13,15,25-26,29-33H,9-11,14,16-24H2,1-5H3/t26-,29+,30?,31?,32?,33?,35+,36-/m1/s1. The highest BCUT2D eigenvalue weighted by Crippen LogP contribution is 2.67. The lowest BCUT2D eigenvalue weighted by atomic mass is 9.47. The molecule has 5 rings (SSSR count). The predicted octanol–water partition coefficient (Wildman–Crippen LogP) is 9.57. The molecule has 3 fully saturated rings. The van der Waals surface area contributed by atoms with Gasteiger partial charge in [-0.25, -0.2) is 0 Å². The molecule has 0 aromatic heterocycles. The van der Waals surface area contributed by atoms with E-state index in [2.05, 4.69) is 52.8 Å². The van der Waals surface area contributed by atoms with Crippen LogP contribution in [0.5, 0.6) is 0 Å². The largest absolute Gasteiger partial charge is 0.462 e. The molecule has 0 bridgehead atoms. The van der Waals surface area contributed by atoms with E-state index in [1.807, 2.05) is 18.2 Å². The van der Waals surface area contributed by atoms with Gasteiger partial charge in [-0.2, -0.15) is 0 Å². The van der Waals surface area contributed by atoms with Gasteiger partial charge in [0.05, 0.1) is 0 Å². The molecular formula is C36H54O2. The van der Waals surface area contributed by atoms with Crippen molar-refractivity contribution >= 4 is 5.97 Å². The fourth-order valence-electron chi connectivity index (χ4n) is 9.89. The Labute approximate surface area is 233 Å². The van der Waals surface area contributed by atoms with Gasteiger partial charge in [-0.05, 0) is 103 Å².